The second-order valence-electron chi connectivity index (χ2n) is 5.18. The number of aryl methyl sites for hydroxylation is 2. The number of nitrogen functional groups attached to an aromatic ring is 1. The molecule has 0 atom stereocenters. The van der Waals surface area contributed by atoms with Gasteiger partial charge in [0, 0.05) is 23.6 Å². The molecule has 0 fully saturated rings. The third-order valence-electron chi connectivity index (χ3n) is 3.71. The fourth-order valence-electron chi connectivity index (χ4n) is 2.67. The van der Waals surface area contributed by atoms with Crippen molar-refractivity contribution in [3.63, 3.8) is 0 Å². The number of anilines is 2. The van der Waals surface area contributed by atoms with Crippen molar-refractivity contribution in [2.75, 3.05) is 17.2 Å². The van der Waals surface area contributed by atoms with Crippen molar-refractivity contribution in [2.24, 2.45) is 0 Å². The van der Waals surface area contributed by atoms with Crippen molar-refractivity contribution in [3.05, 3.63) is 52.8 Å². The highest BCUT2D eigenvalue weighted by molar-refractivity contribution is 6.08. The molecule has 2 aromatic rings. The third-order valence-corrected chi connectivity index (χ3v) is 3.71. The second kappa shape index (κ2) is 4.63. The van der Waals surface area contributed by atoms with Crippen LogP contribution in [0.4, 0.5) is 11.4 Å². The smallest absolute Gasteiger partial charge is 0.260 e. The van der Waals surface area contributed by atoms with Crippen LogP contribution in [0.2, 0.25) is 0 Å². The molecule has 20 heavy (non-hydrogen) atoms. The fraction of sp³-hybridized carbons (Fsp3) is 0.250. The van der Waals surface area contributed by atoms with E-state index in [2.05, 4.69) is 4.98 Å². The predicted octanol–water partition coefficient (Wildman–Crippen LogP) is 2.48. The van der Waals surface area contributed by atoms with E-state index in [1.165, 1.54) is 5.56 Å². The summed E-state index contributed by atoms with van der Waals surface area (Å²) in [7, 11) is 0. The van der Waals surface area contributed by atoms with Crippen LogP contribution in [0, 0.1) is 13.8 Å². The zero-order chi connectivity index (χ0) is 14.3. The molecule has 1 aliphatic heterocycles. The van der Waals surface area contributed by atoms with Crippen molar-refractivity contribution in [1.29, 1.82) is 0 Å². The van der Waals surface area contributed by atoms with Crippen LogP contribution in [0.15, 0.2) is 30.3 Å². The third kappa shape index (κ3) is 2.03. The highest BCUT2D eigenvalue weighted by Gasteiger charge is 2.26. The van der Waals surface area contributed by atoms with Gasteiger partial charge in [0.2, 0.25) is 0 Å². The Kier molecular flexibility index (Phi) is 2.93. The Morgan fingerprint density at radius 1 is 1.25 bits per heavy atom. The van der Waals surface area contributed by atoms with Crippen LogP contribution in [-0.4, -0.2) is 17.4 Å². The molecule has 0 bridgehead atoms. The van der Waals surface area contributed by atoms with Gasteiger partial charge < -0.3 is 10.6 Å². The van der Waals surface area contributed by atoms with Crippen LogP contribution in [0.3, 0.4) is 0 Å². The number of nitrogens with zero attached hydrogens (tertiary/aromatic N) is 2. The number of nitrogens with two attached hydrogens (primary N) is 1. The Hall–Kier alpha value is -2.36. The van der Waals surface area contributed by atoms with Gasteiger partial charge in [0.25, 0.3) is 5.91 Å². The standard InChI is InChI=1S/C16H17N3O/c1-10-3-6-14(11(2)18-10)16(20)19-8-7-12-4-5-13(17)9-15(12)19/h3-6,9H,7-8,17H2,1-2H3. The van der Waals surface area contributed by atoms with E-state index in [-0.39, 0.29) is 5.91 Å². The quantitative estimate of drug-likeness (QED) is 0.807. The summed E-state index contributed by atoms with van der Waals surface area (Å²) in [6.07, 6.45) is 0.875. The van der Waals surface area contributed by atoms with Gasteiger partial charge in [-0.15, -0.1) is 0 Å². The van der Waals surface area contributed by atoms with Crippen LogP contribution in [0.25, 0.3) is 0 Å². The van der Waals surface area contributed by atoms with E-state index in [1.54, 1.807) is 4.90 Å². The van der Waals surface area contributed by atoms with Gasteiger partial charge in [-0.25, -0.2) is 0 Å². The van der Waals surface area contributed by atoms with E-state index in [0.717, 1.165) is 23.5 Å². The Balaban J connectivity index is 1.99. The number of rotatable bonds is 1. The normalized spacial score (nSPS) is 13.4. The van der Waals surface area contributed by atoms with Crippen LogP contribution in [-0.2, 0) is 6.42 Å². The van der Waals surface area contributed by atoms with Crippen molar-refractivity contribution >= 4 is 17.3 Å². The molecular weight excluding hydrogens is 250 g/mol. The first-order valence-electron chi connectivity index (χ1n) is 6.71. The van der Waals surface area contributed by atoms with Gasteiger partial charge in [0.05, 0.1) is 11.3 Å². The van der Waals surface area contributed by atoms with Gasteiger partial charge in [0.15, 0.2) is 0 Å². The maximum Gasteiger partial charge on any atom is 0.260 e. The summed E-state index contributed by atoms with van der Waals surface area (Å²) >= 11 is 0. The maximum atomic E-state index is 12.7. The van der Waals surface area contributed by atoms with Crippen molar-refractivity contribution in [3.8, 4) is 0 Å². The number of pyridine rings is 1. The first kappa shape index (κ1) is 12.7. The Morgan fingerprint density at radius 2 is 2.05 bits per heavy atom. The Labute approximate surface area is 118 Å². The number of fused-ring (bicyclic) bond motifs is 1. The fourth-order valence-corrected chi connectivity index (χ4v) is 2.67. The first-order valence-corrected chi connectivity index (χ1v) is 6.71. The zero-order valence-corrected chi connectivity index (χ0v) is 11.7. The number of carbonyl (C=O) groups is 1. The van der Waals surface area contributed by atoms with Crippen molar-refractivity contribution < 1.29 is 4.79 Å². The lowest BCUT2D eigenvalue weighted by molar-refractivity contribution is 0.0988. The minimum Gasteiger partial charge on any atom is -0.399 e. The minimum atomic E-state index is -0.000602. The lowest BCUT2D eigenvalue weighted by Crippen LogP contribution is -2.29. The van der Waals surface area contributed by atoms with Gasteiger partial charge in [-0.2, -0.15) is 0 Å². The van der Waals surface area contributed by atoms with Gasteiger partial charge in [-0.1, -0.05) is 6.07 Å². The average Bonchev–Trinajstić information content (AvgIpc) is 2.81. The van der Waals surface area contributed by atoms with Gasteiger partial charge in [-0.3, -0.25) is 9.78 Å². The largest absolute Gasteiger partial charge is 0.399 e. The molecule has 0 aliphatic carbocycles. The number of aromatic nitrogens is 1. The predicted molar refractivity (Wildman–Crippen MR) is 79.9 cm³/mol. The van der Waals surface area contributed by atoms with Gasteiger partial charge >= 0.3 is 0 Å². The van der Waals surface area contributed by atoms with Gasteiger partial charge in [0.1, 0.15) is 0 Å². The molecular formula is C16H17N3O. The van der Waals surface area contributed by atoms with E-state index in [0.29, 0.717) is 17.8 Å². The molecule has 0 spiro atoms. The van der Waals surface area contributed by atoms with Crippen molar-refractivity contribution in [1.82, 2.24) is 4.98 Å². The summed E-state index contributed by atoms with van der Waals surface area (Å²) in [5, 5.41) is 0. The average molecular weight is 267 g/mol. The number of hydrogen-bond donors (Lipinski definition) is 1. The summed E-state index contributed by atoms with van der Waals surface area (Å²) in [6.45, 7) is 4.49. The lowest BCUT2D eigenvalue weighted by atomic mass is 10.1. The van der Waals surface area contributed by atoms with E-state index < -0.39 is 0 Å². The molecule has 1 amide bonds. The highest BCUT2D eigenvalue weighted by atomic mass is 16.2. The van der Waals surface area contributed by atoms with Gasteiger partial charge in [-0.05, 0) is 50.1 Å². The summed E-state index contributed by atoms with van der Waals surface area (Å²) in [5.74, 6) is -0.000602. The van der Waals surface area contributed by atoms with E-state index in [1.807, 2.05) is 44.2 Å². The molecule has 0 saturated heterocycles. The Bertz CT molecular complexity index is 694. The van der Waals surface area contributed by atoms with Crippen LogP contribution >= 0.6 is 0 Å². The molecule has 4 heteroatoms. The topological polar surface area (TPSA) is 59.2 Å². The molecule has 1 aromatic carbocycles. The van der Waals surface area contributed by atoms with Crippen molar-refractivity contribution in [2.45, 2.75) is 20.3 Å². The highest BCUT2D eigenvalue weighted by Crippen LogP contribution is 2.31. The van der Waals surface area contributed by atoms with E-state index in [9.17, 15) is 4.79 Å². The molecule has 0 saturated carbocycles. The molecule has 1 aliphatic rings. The molecule has 0 radical (unpaired) electrons. The Morgan fingerprint density at radius 3 is 2.80 bits per heavy atom. The van der Waals surface area contributed by atoms with Crippen LogP contribution in [0.1, 0.15) is 27.3 Å². The molecule has 4 nitrogen and oxygen atoms in total. The number of hydrogen-bond acceptors (Lipinski definition) is 3. The van der Waals surface area contributed by atoms with Crippen LogP contribution in [0.5, 0.6) is 0 Å². The first-order chi connectivity index (χ1) is 9.56. The summed E-state index contributed by atoms with van der Waals surface area (Å²) in [5.41, 5.74) is 11.0. The molecule has 0 unspecified atom stereocenters. The molecule has 2 heterocycles. The lowest BCUT2D eigenvalue weighted by Gasteiger charge is -2.18. The number of benzene rings is 1. The molecule has 3 rings (SSSR count). The van der Waals surface area contributed by atoms with Crippen LogP contribution < -0.4 is 10.6 Å². The summed E-state index contributed by atoms with van der Waals surface area (Å²) in [6, 6.07) is 9.47. The molecule has 102 valence electrons. The maximum absolute atomic E-state index is 12.7. The molecule has 1 aromatic heterocycles. The zero-order valence-electron chi connectivity index (χ0n) is 11.7. The summed E-state index contributed by atoms with van der Waals surface area (Å²) < 4.78 is 0. The second-order valence-corrected chi connectivity index (χ2v) is 5.18. The number of carbonyl (C=O) groups excluding carboxylic acids is 1. The summed E-state index contributed by atoms with van der Waals surface area (Å²) in [4.78, 5) is 18.9. The SMILES string of the molecule is Cc1ccc(C(=O)N2CCc3ccc(N)cc32)c(C)n1. The minimum absolute atomic E-state index is 0.000602. The molecule has 2 N–H and O–H groups in total. The monoisotopic (exact) mass is 267 g/mol. The van der Waals surface area contributed by atoms with E-state index >= 15 is 0 Å². The number of amides is 1. The van der Waals surface area contributed by atoms with E-state index in [4.69, 9.17) is 5.73 Å².